The SMILES string of the molecule is CC1(C)c2cc3c(cc2-c2ccc4c(oc5ccccc54)c21)[nH]c1ccccc13. The van der Waals surface area contributed by atoms with Crippen LogP contribution in [0.3, 0.4) is 0 Å². The fourth-order valence-electron chi connectivity index (χ4n) is 5.41. The van der Waals surface area contributed by atoms with Gasteiger partial charge in [0.2, 0.25) is 0 Å². The van der Waals surface area contributed by atoms with E-state index in [9.17, 15) is 0 Å². The first kappa shape index (κ1) is 15.4. The molecule has 1 N–H and O–H groups in total. The van der Waals surface area contributed by atoms with Gasteiger partial charge in [-0.2, -0.15) is 0 Å². The topological polar surface area (TPSA) is 28.9 Å². The van der Waals surface area contributed by atoms with Crippen molar-refractivity contribution in [2.45, 2.75) is 19.3 Å². The average molecular weight is 373 g/mol. The molecule has 29 heavy (non-hydrogen) atoms. The van der Waals surface area contributed by atoms with Crippen LogP contribution < -0.4 is 0 Å². The molecule has 2 nitrogen and oxygen atoms in total. The highest BCUT2D eigenvalue weighted by atomic mass is 16.3. The second-order valence-electron chi connectivity index (χ2n) is 8.70. The van der Waals surface area contributed by atoms with Crippen LogP contribution in [0.2, 0.25) is 0 Å². The molecule has 6 aromatic rings. The third-order valence-corrected chi connectivity index (χ3v) is 6.78. The minimum atomic E-state index is -0.120. The lowest BCUT2D eigenvalue weighted by Crippen LogP contribution is -2.15. The molecule has 0 spiro atoms. The van der Waals surface area contributed by atoms with Crippen molar-refractivity contribution in [1.82, 2.24) is 4.98 Å². The third-order valence-electron chi connectivity index (χ3n) is 6.78. The summed E-state index contributed by atoms with van der Waals surface area (Å²) in [4.78, 5) is 3.60. The molecule has 0 saturated heterocycles. The standard InChI is InChI=1S/C27H19NO/c1-27(2)21-13-20-15-7-3-5-9-22(15)28-23(20)14-19(21)17-11-12-18-16-8-4-6-10-24(16)29-26(18)25(17)27/h3-14,28H,1-2H3. The largest absolute Gasteiger partial charge is 0.456 e. The van der Waals surface area contributed by atoms with Gasteiger partial charge in [-0.25, -0.2) is 0 Å². The highest BCUT2D eigenvalue weighted by Crippen LogP contribution is 2.53. The molecular formula is C27H19NO. The van der Waals surface area contributed by atoms with Crippen LogP contribution in [0.25, 0.3) is 54.9 Å². The van der Waals surface area contributed by atoms with Crippen LogP contribution in [0.15, 0.2) is 77.2 Å². The molecule has 1 aliphatic rings. The van der Waals surface area contributed by atoms with Gasteiger partial charge >= 0.3 is 0 Å². The summed E-state index contributed by atoms with van der Waals surface area (Å²) >= 11 is 0. The number of hydrogen-bond donors (Lipinski definition) is 1. The lowest BCUT2D eigenvalue weighted by atomic mass is 9.81. The van der Waals surface area contributed by atoms with Crippen molar-refractivity contribution in [2.24, 2.45) is 0 Å². The Morgan fingerprint density at radius 2 is 1.48 bits per heavy atom. The van der Waals surface area contributed by atoms with Crippen molar-refractivity contribution in [2.75, 3.05) is 0 Å². The van der Waals surface area contributed by atoms with Crippen LogP contribution >= 0.6 is 0 Å². The molecule has 0 saturated carbocycles. The summed E-state index contributed by atoms with van der Waals surface area (Å²) in [6.45, 7) is 4.65. The Morgan fingerprint density at radius 3 is 2.38 bits per heavy atom. The zero-order valence-electron chi connectivity index (χ0n) is 16.3. The molecular weight excluding hydrogens is 354 g/mol. The number of H-pyrrole nitrogens is 1. The fraction of sp³-hybridized carbons (Fsp3) is 0.111. The van der Waals surface area contributed by atoms with Gasteiger partial charge in [0.15, 0.2) is 0 Å². The van der Waals surface area contributed by atoms with Crippen molar-refractivity contribution in [1.29, 1.82) is 0 Å². The lowest BCUT2D eigenvalue weighted by molar-refractivity contribution is 0.620. The molecule has 0 fully saturated rings. The minimum Gasteiger partial charge on any atom is -0.456 e. The Bertz CT molecular complexity index is 1630. The van der Waals surface area contributed by atoms with Gasteiger partial charge in [-0.1, -0.05) is 56.3 Å². The van der Waals surface area contributed by atoms with Crippen LogP contribution in [0, 0.1) is 0 Å². The van der Waals surface area contributed by atoms with Crippen LogP contribution in [0.4, 0.5) is 0 Å². The number of aromatic amines is 1. The molecule has 0 aliphatic heterocycles. The maximum Gasteiger partial charge on any atom is 0.140 e. The summed E-state index contributed by atoms with van der Waals surface area (Å²) in [6.07, 6.45) is 0. The smallest absolute Gasteiger partial charge is 0.140 e. The Hall–Kier alpha value is -3.52. The first-order valence-electron chi connectivity index (χ1n) is 10.1. The van der Waals surface area contributed by atoms with Crippen LogP contribution in [-0.4, -0.2) is 4.98 Å². The second kappa shape index (κ2) is 4.90. The molecule has 0 atom stereocenters. The van der Waals surface area contributed by atoms with E-state index in [0.29, 0.717) is 0 Å². The Balaban J connectivity index is 1.62. The zero-order valence-corrected chi connectivity index (χ0v) is 16.3. The monoisotopic (exact) mass is 373 g/mol. The van der Waals surface area contributed by atoms with E-state index in [1.54, 1.807) is 0 Å². The fourth-order valence-corrected chi connectivity index (χ4v) is 5.41. The molecule has 7 rings (SSSR count). The van der Waals surface area contributed by atoms with Gasteiger partial charge in [0.1, 0.15) is 11.2 Å². The Morgan fingerprint density at radius 1 is 0.690 bits per heavy atom. The molecule has 0 bridgehead atoms. The molecule has 2 heterocycles. The van der Waals surface area contributed by atoms with Gasteiger partial charge in [0.05, 0.1) is 0 Å². The van der Waals surface area contributed by atoms with Crippen LogP contribution in [-0.2, 0) is 5.41 Å². The van der Waals surface area contributed by atoms with Crippen molar-refractivity contribution < 1.29 is 4.42 Å². The van der Waals surface area contributed by atoms with Crippen molar-refractivity contribution in [3.63, 3.8) is 0 Å². The molecule has 1 aliphatic carbocycles. The number of benzene rings is 4. The highest BCUT2D eigenvalue weighted by molar-refractivity contribution is 6.12. The highest BCUT2D eigenvalue weighted by Gasteiger charge is 2.39. The van der Waals surface area contributed by atoms with Gasteiger partial charge < -0.3 is 9.40 Å². The predicted molar refractivity (Wildman–Crippen MR) is 121 cm³/mol. The van der Waals surface area contributed by atoms with Crippen LogP contribution in [0.1, 0.15) is 25.0 Å². The number of nitrogens with one attached hydrogen (secondary N) is 1. The van der Waals surface area contributed by atoms with E-state index < -0.39 is 0 Å². The van der Waals surface area contributed by atoms with E-state index in [0.717, 1.165) is 11.2 Å². The molecule has 2 heteroatoms. The minimum absolute atomic E-state index is 0.120. The number of fused-ring (bicyclic) bond motifs is 10. The van der Waals surface area contributed by atoms with E-state index in [1.165, 1.54) is 54.8 Å². The van der Waals surface area contributed by atoms with Crippen molar-refractivity contribution in [3.05, 3.63) is 83.9 Å². The molecule has 4 aromatic carbocycles. The van der Waals surface area contributed by atoms with Gasteiger partial charge in [0, 0.05) is 43.6 Å². The molecule has 138 valence electrons. The lowest BCUT2D eigenvalue weighted by Gasteiger charge is -2.21. The maximum absolute atomic E-state index is 6.40. The summed E-state index contributed by atoms with van der Waals surface area (Å²) in [5.41, 5.74) is 9.53. The molecule has 2 aromatic heterocycles. The van der Waals surface area contributed by atoms with Gasteiger partial charge in [0.25, 0.3) is 0 Å². The molecule has 0 radical (unpaired) electrons. The summed E-state index contributed by atoms with van der Waals surface area (Å²) in [6, 6.07) is 26.1. The Kier molecular flexibility index (Phi) is 2.60. The molecule has 0 unspecified atom stereocenters. The predicted octanol–water partition coefficient (Wildman–Crippen LogP) is 7.53. The Labute approximate surface area is 167 Å². The summed E-state index contributed by atoms with van der Waals surface area (Å²) in [5.74, 6) is 0. The number of furan rings is 1. The quantitative estimate of drug-likeness (QED) is 0.293. The first-order valence-corrected chi connectivity index (χ1v) is 10.1. The zero-order chi connectivity index (χ0) is 19.3. The van der Waals surface area contributed by atoms with Gasteiger partial charge in [-0.05, 0) is 47.0 Å². The van der Waals surface area contributed by atoms with E-state index in [2.05, 4.69) is 85.6 Å². The van der Waals surface area contributed by atoms with E-state index in [-0.39, 0.29) is 5.41 Å². The number of aromatic nitrogens is 1. The maximum atomic E-state index is 6.40. The summed E-state index contributed by atoms with van der Waals surface area (Å²) in [5, 5.41) is 4.97. The average Bonchev–Trinajstić information content (AvgIpc) is 3.35. The first-order chi connectivity index (χ1) is 14.1. The van der Waals surface area contributed by atoms with Crippen molar-refractivity contribution >= 4 is 43.7 Å². The van der Waals surface area contributed by atoms with E-state index >= 15 is 0 Å². The number of hydrogen-bond acceptors (Lipinski definition) is 1. The number of rotatable bonds is 0. The summed E-state index contributed by atoms with van der Waals surface area (Å²) < 4.78 is 6.40. The normalized spacial score (nSPS) is 14.8. The van der Waals surface area contributed by atoms with E-state index in [4.69, 9.17) is 4.42 Å². The van der Waals surface area contributed by atoms with Crippen molar-refractivity contribution in [3.8, 4) is 11.1 Å². The van der Waals surface area contributed by atoms with E-state index in [1.807, 2.05) is 6.07 Å². The number of para-hydroxylation sites is 2. The second-order valence-corrected chi connectivity index (χ2v) is 8.70. The van der Waals surface area contributed by atoms with Gasteiger partial charge in [-0.15, -0.1) is 0 Å². The molecule has 0 amide bonds. The third kappa shape index (κ3) is 1.78. The van der Waals surface area contributed by atoms with Gasteiger partial charge in [-0.3, -0.25) is 0 Å². The van der Waals surface area contributed by atoms with Crippen LogP contribution in [0.5, 0.6) is 0 Å². The summed E-state index contributed by atoms with van der Waals surface area (Å²) in [7, 11) is 0.